The van der Waals surface area contributed by atoms with Crippen molar-refractivity contribution >= 4 is 5.91 Å². The molecule has 168 valence electrons. The molecule has 0 spiro atoms. The quantitative estimate of drug-likeness (QED) is 0.296. The molecule has 2 rings (SSSR count). The summed E-state index contributed by atoms with van der Waals surface area (Å²) in [6.07, 6.45) is 10.5. The van der Waals surface area contributed by atoms with Crippen LogP contribution in [0.15, 0.2) is 42.7 Å². The van der Waals surface area contributed by atoms with E-state index in [9.17, 15) is 4.79 Å². The molecule has 1 fully saturated rings. The molecule has 1 aliphatic heterocycles. The van der Waals surface area contributed by atoms with Crippen LogP contribution in [0.4, 0.5) is 0 Å². The zero-order valence-corrected chi connectivity index (χ0v) is 19.0. The number of carbonyl (C=O) groups is 1. The van der Waals surface area contributed by atoms with Crippen LogP contribution in [0.25, 0.3) is 0 Å². The number of benzene rings is 1. The fourth-order valence-corrected chi connectivity index (χ4v) is 4.04. The number of amides is 1. The van der Waals surface area contributed by atoms with Crippen LogP contribution in [0.3, 0.4) is 0 Å². The Kier molecular flexibility index (Phi) is 12.3. The van der Waals surface area contributed by atoms with E-state index in [0.29, 0.717) is 6.42 Å². The van der Waals surface area contributed by atoms with Gasteiger partial charge in [0.2, 0.25) is 5.91 Å². The Morgan fingerprint density at radius 1 is 1.10 bits per heavy atom. The molecule has 1 aliphatic rings. The van der Waals surface area contributed by atoms with E-state index in [-0.39, 0.29) is 5.91 Å². The van der Waals surface area contributed by atoms with Gasteiger partial charge >= 0.3 is 0 Å². The lowest BCUT2D eigenvalue weighted by atomic mass is 9.93. The average molecular weight is 415 g/mol. The summed E-state index contributed by atoms with van der Waals surface area (Å²) >= 11 is 0. The van der Waals surface area contributed by atoms with Gasteiger partial charge in [-0.15, -0.1) is 0 Å². The Balaban J connectivity index is 1.45. The van der Waals surface area contributed by atoms with Gasteiger partial charge in [0.05, 0.1) is 12.4 Å². The molecule has 1 aromatic rings. The lowest BCUT2D eigenvalue weighted by Gasteiger charge is -2.32. The zero-order chi connectivity index (χ0) is 21.4. The van der Waals surface area contributed by atoms with Crippen LogP contribution < -0.4 is 5.32 Å². The standard InChI is InChI=1S/C26H42N2O2/c1-3-4-5-9-21-30-23(2)11-10-14-26(29)27-18-15-24-16-19-28(20-17-24)22-25-12-7-6-8-13-25/h6-8,12-13,24H,2-5,9-11,14-22H2,1H3,(H,27,29). The summed E-state index contributed by atoms with van der Waals surface area (Å²) in [5, 5.41) is 3.10. The molecule has 4 heteroatoms. The molecule has 30 heavy (non-hydrogen) atoms. The van der Waals surface area contributed by atoms with Crippen LogP contribution in [-0.4, -0.2) is 37.0 Å². The van der Waals surface area contributed by atoms with E-state index in [1.807, 2.05) is 0 Å². The number of ether oxygens (including phenoxy) is 1. The molecule has 0 aliphatic carbocycles. The Morgan fingerprint density at radius 2 is 1.87 bits per heavy atom. The van der Waals surface area contributed by atoms with E-state index in [2.05, 4.69) is 54.1 Å². The summed E-state index contributed by atoms with van der Waals surface area (Å²) in [7, 11) is 0. The van der Waals surface area contributed by atoms with Gasteiger partial charge < -0.3 is 10.1 Å². The van der Waals surface area contributed by atoms with Crippen LogP contribution in [0.2, 0.25) is 0 Å². The minimum atomic E-state index is 0.159. The molecule has 1 heterocycles. The second kappa shape index (κ2) is 15.1. The van der Waals surface area contributed by atoms with Crippen LogP contribution in [-0.2, 0) is 16.1 Å². The maximum Gasteiger partial charge on any atom is 0.220 e. The van der Waals surface area contributed by atoms with Crippen molar-refractivity contribution in [3.8, 4) is 0 Å². The van der Waals surface area contributed by atoms with Crippen LogP contribution in [0.5, 0.6) is 0 Å². The van der Waals surface area contributed by atoms with Crippen molar-refractivity contribution in [1.29, 1.82) is 0 Å². The smallest absolute Gasteiger partial charge is 0.220 e. The summed E-state index contributed by atoms with van der Waals surface area (Å²) in [5.74, 6) is 1.71. The first-order valence-corrected chi connectivity index (χ1v) is 12.0. The SMILES string of the molecule is C=C(CCCC(=O)NCCC1CCN(Cc2ccccc2)CC1)OCCCCCC. The van der Waals surface area contributed by atoms with Crippen molar-refractivity contribution < 1.29 is 9.53 Å². The fraction of sp³-hybridized carbons (Fsp3) is 0.654. The van der Waals surface area contributed by atoms with Crippen molar-refractivity contribution in [2.45, 2.75) is 77.7 Å². The number of hydrogen-bond donors (Lipinski definition) is 1. The number of piperidine rings is 1. The first kappa shape index (κ1) is 24.5. The van der Waals surface area contributed by atoms with Gasteiger partial charge in [0.1, 0.15) is 0 Å². The van der Waals surface area contributed by atoms with Gasteiger partial charge in [-0.25, -0.2) is 0 Å². The van der Waals surface area contributed by atoms with Crippen molar-refractivity contribution in [2.75, 3.05) is 26.2 Å². The molecular formula is C26H42N2O2. The van der Waals surface area contributed by atoms with Crippen molar-refractivity contribution in [1.82, 2.24) is 10.2 Å². The number of carbonyl (C=O) groups excluding carboxylic acids is 1. The highest BCUT2D eigenvalue weighted by Gasteiger charge is 2.19. The molecule has 0 aromatic heterocycles. The first-order chi connectivity index (χ1) is 14.7. The van der Waals surface area contributed by atoms with Crippen LogP contribution >= 0.6 is 0 Å². The van der Waals surface area contributed by atoms with Gasteiger partial charge in [-0.3, -0.25) is 9.69 Å². The lowest BCUT2D eigenvalue weighted by Crippen LogP contribution is -2.34. The molecule has 1 saturated heterocycles. The third-order valence-corrected chi connectivity index (χ3v) is 5.99. The molecule has 1 aromatic carbocycles. The van der Waals surface area contributed by atoms with Gasteiger partial charge in [-0.1, -0.05) is 63.1 Å². The van der Waals surface area contributed by atoms with E-state index >= 15 is 0 Å². The Labute approximate surface area is 184 Å². The maximum atomic E-state index is 12.1. The molecule has 0 unspecified atom stereocenters. The molecule has 0 radical (unpaired) electrons. The van der Waals surface area contributed by atoms with Crippen molar-refractivity contribution in [3.63, 3.8) is 0 Å². The van der Waals surface area contributed by atoms with E-state index in [1.54, 1.807) is 0 Å². The molecule has 0 saturated carbocycles. The monoisotopic (exact) mass is 414 g/mol. The summed E-state index contributed by atoms with van der Waals surface area (Å²) in [6, 6.07) is 10.7. The summed E-state index contributed by atoms with van der Waals surface area (Å²) in [4.78, 5) is 14.6. The summed E-state index contributed by atoms with van der Waals surface area (Å²) < 4.78 is 5.65. The second-order valence-corrected chi connectivity index (χ2v) is 8.65. The number of unbranched alkanes of at least 4 members (excludes halogenated alkanes) is 3. The average Bonchev–Trinajstić information content (AvgIpc) is 2.75. The van der Waals surface area contributed by atoms with Crippen molar-refractivity contribution in [2.24, 2.45) is 5.92 Å². The number of likely N-dealkylation sites (tertiary alicyclic amines) is 1. The number of nitrogens with one attached hydrogen (secondary N) is 1. The predicted molar refractivity (Wildman–Crippen MR) is 125 cm³/mol. The highest BCUT2D eigenvalue weighted by molar-refractivity contribution is 5.75. The predicted octanol–water partition coefficient (Wildman–Crippen LogP) is 5.69. The number of nitrogens with zero attached hydrogens (tertiary/aromatic N) is 1. The normalized spacial score (nSPS) is 15.1. The van der Waals surface area contributed by atoms with E-state index in [1.165, 1.54) is 37.7 Å². The minimum absolute atomic E-state index is 0.159. The van der Waals surface area contributed by atoms with E-state index < -0.39 is 0 Å². The molecule has 1 amide bonds. The van der Waals surface area contributed by atoms with Crippen LogP contribution in [0, 0.1) is 5.92 Å². The number of rotatable bonds is 15. The molecule has 4 nitrogen and oxygen atoms in total. The highest BCUT2D eigenvalue weighted by atomic mass is 16.5. The van der Waals surface area contributed by atoms with Crippen LogP contribution in [0.1, 0.15) is 76.7 Å². The first-order valence-electron chi connectivity index (χ1n) is 12.0. The molecule has 0 atom stereocenters. The zero-order valence-electron chi connectivity index (χ0n) is 19.0. The Morgan fingerprint density at radius 3 is 2.60 bits per heavy atom. The largest absolute Gasteiger partial charge is 0.499 e. The van der Waals surface area contributed by atoms with Gasteiger partial charge in [0.25, 0.3) is 0 Å². The second-order valence-electron chi connectivity index (χ2n) is 8.65. The van der Waals surface area contributed by atoms with E-state index in [4.69, 9.17) is 4.74 Å². The molecule has 0 bridgehead atoms. The lowest BCUT2D eigenvalue weighted by molar-refractivity contribution is -0.121. The third-order valence-electron chi connectivity index (χ3n) is 5.99. The number of hydrogen-bond acceptors (Lipinski definition) is 3. The molecular weight excluding hydrogens is 372 g/mol. The van der Waals surface area contributed by atoms with Gasteiger partial charge in [0, 0.05) is 25.9 Å². The molecule has 1 N–H and O–H groups in total. The maximum absolute atomic E-state index is 12.1. The summed E-state index contributed by atoms with van der Waals surface area (Å²) in [5.41, 5.74) is 1.40. The third kappa shape index (κ3) is 10.8. The minimum Gasteiger partial charge on any atom is -0.499 e. The fourth-order valence-electron chi connectivity index (χ4n) is 4.04. The van der Waals surface area contributed by atoms with E-state index in [0.717, 1.165) is 70.1 Å². The Bertz CT molecular complexity index is 594. The summed E-state index contributed by atoms with van der Waals surface area (Å²) in [6.45, 7) is 11.1. The van der Waals surface area contributed by atoms with Gasteiger partial charge in [-0.2, -0.15) is 0 Å². The van der Waals surface area contributed by atoms with Crippen molar-refractivity contribution in [3.05, 3.63) is 48.2 Å². The highest BCUT2D eigenvalue weighted by Crippen LogP contribution is 2.21. The Hall–Kier alpha value is -1.81. The van der Waals surface area contributed by atoms with Gasteiger partial charge in [0.15, 0.2) is 0 Å². The van der Waals surface area contributed by atoms with Gasteiger partial charge in [-0.05, 0) is 56.7 Å². The number of allylic oxidation sites excluding steroid dienone is 1. The topological polar surface area (TPSA) is 41.6 Å².